The maximum absolute atomic E-state index is 14.1. The molecule has 0 aliphatic carbocycles. The highest BCUT2D eigenvalue weighted by atomic mass is 19.1. The number of rotatable bonds is 4. The van der Waals surface area contributed by atoms with Crippen molar-refractivity contribution in [1.82, 2.24) is 9.88 Å². The zero-order chi connectivity index (χ0) is 22.9. The second kappa shape index (κ2) is 8.69. The van der Waals surface area contributed by atoms with Gasteiger partial charge in [0.25, 0.3) is 0 Å². The van der Waals surface area contributed by atoms with Gasteiger partial charge >= 0.3 is 6.03 Å². The lowest BCUT2D eigenvalue weighted by Crippen LogP contribution is -2.38. The predicted octanol–water partition coefficient (Wildman–Crippen LogP) is 4.96. The zero-order valence-corrected chi connectivity index (χ0v) is 18.0. The number of nitrogens with one attached hydrogen (secondary N) is 1. The summed E-state index contributed by atoms with van der Waals surface area (Å²) in [7, 11) is 0. The van der Waals surface area contributed by atoms with Crippen LogP contribution in [0.5, 0.6) is 11.6 Å². The number of halogens is 2. The number of fused-ring (bicyclic) bond motifs is 3. The number of hydrogen-bond donors (Lipinski definition) is 1. The molecule has 2 aliphatic rings. The number of carbonyl (C=O) groups excluding carboxylic acids is 1. The Morgan fingerprint density at radius 1 is 1.15 bits per heavy atom. The second-order valence-corrected chi connectivity index (χ2v) is 8.38. The van der Waals surface area contributed by atoms with Crippen molar-refractivity contribution >= 4 is 11.7 Å². The zero-order valence-electron chi connectivity index (χ0n) is 18.0. The van der Waals surface area contributed by atoms with Crippen molar-refractivity contribution in [3.8, 4) is 11.6 Å². The van der Waals surface area contributed by atoms with E-state index in [1.807, 2.05) is 19.1 Å². The molecule has 0 bridgehead atoms. The van der Waals surface area contributed by atoms with Crippen LogP contribution in [0.25, 0.3) is 0 Å². The molecule has 0 radical (unpaired) electrons. The van der Waals surface area contributed by atoms with E-state index in [0.717, 1.165) is 5.69 Å². The summed E-state index contributed by atoms with van der Waals surface area (Å²) in [5.74, 6) is 0.185. The first-order chi connectivity index (χ1) is 16.0. The first kappa shape index (κ1) is 21.2. The SMILES string of the molecule is Cc1cccc(OC[C@@H]2CN(C(=O)Nc3ccc(F)cc3)[C@H]3c4cc(F)ccc4OC[C@@H]23)n1. The Morgan fingerprint density at radius 2 is 1.94 bits per heavy atom. The van der Waals surface area contributed by atoms with Crippen LogP contribution in [0, 0.1) is 30.4 Å². The number of urea groups is 1. The van der Waals surface area contributed by atoms with Gasteiger partial charge in [0.15, 0.2) is 0 Å². The van der Waals surface area contributed by atoms with Crippen molar-refractivity contribution in [3.05, 3.63) is 83.6 Å². The number of benzene rings is 2. The van der Waals surface area contributed by atoms with Crippen molar-refractivity contribution in [2.45, 2.75) is 13.0 Å². The van der Waals surface area contributed by atoms with Gasteiger partial charge in [-0.1, -0.05) is 6.07 Å². The fraction of sp³-hybridized carbons (Fsp3) is 0.280. The van der Waals surface area contributed by atoms with Gasteiger partial charge in [0.05, 0.1) is 19.3 Å². The third-order valence-corrected chi connectivity index (χ3v) is 6.16. The van der Waals surface area contributed by atoms with Crippen molar-refractivity contribution < 1.29 is 23.0 Å². The largest absolute Gasteiger partial charge is 0.493 e. The lowest BCUT2D eigenvalue weighted by Gasteiger charge is -2.34. The van der Waals surface area contributed by atoms with E-state index in [2.05, 4.69) is 10.3 Å². The van der Waals surface area contributed by atoms with E-state index in [0.29, 0.717) is 42.6 Å². The van der Waals surface area contributed by atoms with Gasteiger partial charge in [0.1, 0.15) is 17.4 Å². The van der Waals surface area contributed by atoms with E-state index < -0.39 is 0 Å². The fourth-order valence-corrected chi connectivity index (χ4v) is 4.59. The van der Waals surface area contributed by atoms with Gasteiger partial charge < -0.3 is 19.7 Å². The van der Waals surface area contributed by atoms with E-state index in [-0.39, 0.29) is 35.5 Å². The highest BCUT2D eigenvalue weighted by Gasteiger charge is 2.48. The van der Waals surface area contributed by atoms with Crippen LogP contribution < -0.4 is 14.8 Å². The molecule has 33 heavy (non-hydrogen) atoms. The van der Waals surface area contributed by atoms with E-state index in [9.17, 15) is 13.6 Å². The fourth-order valence-electron chi connectivity index (χ4n) is 4.59. The van der Waals surface area contributed by atoms with Crippen molar-refractivity contribution in [3.63, 3.8) is 0 Å². The van der Waals surface area contributed by atoms with E-state index >= 15 is 0 Å². The topological polar surface area (TPSA) is 63.7 Å². The van der Waals surface area contributed by atoms with Gasteiger partial charge in [-0.2, -0.15) is 0 Å². The summed E-state index contributed by atoms with van der Waals surface area (Å²) in [5, 5.41) is 2.82. The number of carbonyl (C=O) groups is 1. The molecule has 1 saturated heterocycles. The molecule has 3 heterocycles. The first-order valence-electron chi connectivity index (χ1n) is 10.8. The van der Waals surface area contributed by atoms with Gasteiger partial charge in [-0.15, -0.1) is 0 Å². The lowest BCUT2D eigenvalue weighted by atomic mass is 9.85. The molecule has 170 valence electrons. The van der Waals surface area contributed by atoms with Crippen LogP contribution in [-0.4, -0.2) is 35.7 Å². The van der Waals surface area contributed by atoms with Crippen LogP contribution in [0.3, 0.4) is 0 Å². The molecule has 5 rings (SSSR count). The minimum Gasteiger partial charge on any atom is -0.493 e. The van der Waals surface area contributed by atoms with Crippen LogP contribution in [0.2, 0.25) is 0 Å². The lowest BCUT2D eigenvalue weighted by molar-refractivity contribution is 0.128. The maximum atomic E-state index is 14.1. The normalized spacial score (nSPS) is 21.1. The molecule has 6 nitrogen and oxygen atoms in total. The molecule has 2 amide bonds. The summed E-state index contributed by atoms with van der Waals surface area (Å²) in [4.78, 5) is 19.3. The third-order valence-electron chi connectivity index (χ3n) is 6.16. The molecule has 0 unspecified atom stereocenters. The van der Waals surface area contributed by atoms with Crippen molar-refractivity contribution in [2.24, 2.45) is 11.8 Å². The Balaban J connectivity index is 1.41. The monoisotopic (exact) mass is 451 g/mol. The average molecular weight is 451 g/mol. The van der Waals surface area contributed by atoms with Gasteiger partial charge in [-0.3, -0.25) is 0 Å². The number of hydrogen-bond acceptors (Lipinski definition) is 4. The van der Waals surface area contributed by atoms with Crippen molar-refractivity contribution in [1.29, 1.82) is 0 Å². The number of amides is 2. The number of aromatic nitrogens is 1. The molecule has 3 aromatic rings. The summed E-state index contributed by atoms with van der Waals surface area (Å²) in [6, 6.07) is 14.8. The Bertz CT molecular complexity index is 1170. The summed E-state index contributed by atoms with van der Waals surface area (Å²) < 4.78 is 39.3. The number of ether oxygens (including phenoxy) is 2. The Morgan fingerprint density at radius 3 is 2.73 bits per heavy atom. The van der Waals surface area contributed by atoms with Crippen molar-refractivity contribution in [2.75, 3.05) is 25.1 Å². The number of likely N-dealkylation sites (tertiary alicyclic amines) is 1. The van der Waals surface area contributed by atoms with Gasteiger partial charge in [-0.25, -0.2) is 18.6 Å². The summed E-state index contributed by atoms with van der Waals surface area (Å²) in [6.45, 7) is 3.01. The standard InChI is InChI=1S/C25H23F2N3O3/c1-15-3-2-4-23(28-15)33-13-16-12-30(25(31)29-19-8-5-17(26)6-9-19)24-20-11-18(27)7-10-22(20)32-14-21(16)24/h2-11,16,21,24H,12-14H2,1H3,(H,29,31)/t16-,21-,24-/m0/s1. The molecule has 2 aliphatic heterocycles. The molecule has 0 spiro atoms. The number of pyridine rings is 1. The summed E-state index contributed by atoms with van der Waals surface area (Å²) in [6.07, 6.45) is 0. The van der Waals surface area contributed by atoms with Crippen LogP contribution in [0.1, 0.15) is 17.3 Å². The molecular formula is C25H23F2N3O3. The predicted molar refractivity (Wildman–Crippen MR) is 118 cm³/mol. The van der Waals surface area contributed by atoms with Crippen LogP contribution in [0.15, 0.2) is 60.7 Å². The summed E-state index contributed by atoms with van der Waals surface area (Å²) in [5.41, 5.74) is 1.97. The Labute approximate surface area is 190 Å². The van der Waals surface area contributed by atoms with Crippen LogP contribution in [-0.2, 0) is 0 Å². The summed E-state index contributed by atoms with van der Waals surface area (Å²) >= 11 is 0. The number of nitrogens with zero attached hydrogens (tertiary/aromatic N) is 2. The van der Waals surface area contributed by atoms with Gasteiger partial charge in [0, 0.05) is 41.4 Å². The van der Waals surface area contributed by atoms with Gasteiger partial charge in [-0.05, 0) is 55.5 Å². The minimum absolute atomic E-state index is 0.0484. The number of anilines is 1. The molecule has 3 atom stereocenters. The molecule has 1 aromatic heterocycles. The molecule has 1 fully saturated rings. The highest BCUT2D eigenvalue weighted by molar-refractivity contribution is 5.90. The Kier molecular flexibility index (Phi) is 5.58. The second-order valence-electron chi connectivity index (χ2n) is 8.38. The molecule has 0 saturated carbocycles. The highest BCUT2D eigenvalue weighted by Crippen LogP contribution is 2.47. The number of aryl methyl sites for hydroxylation is 1. The van der Waals surface area contributed by atoms with Crippen LogP contribution in [0.4, 0.5) is 19.3 Å². The minimum atomic E-state index is -0.388. The molecular weight excluding hydrogens is 428 g/mol. The molecule has 2 aromatic carbocycles. The third kappa shape index (κ3) is 4.33. The molecule has 1 N–H and O–H groups in total. The quantitative estimate of drug-likeness (QED) is 0.609. The first-order valence-corrected chi connectivity index (χ1v) is 10.8. The van der Waals surface area contributed by atoms with Crippen LogP contribution >= 0.6 is 0 Å². The maximum Gasteiger partial charge on any atom is 0.322 e. The van der Waals surface area contributed by atoms with Gasteiger partial charge in [0.2, 0.25) is 5.88 Å². The molecule has 8 heteroatoms. The Hall–Kier alpha value is -3.68. The van der Waals surface area contributed by atoms with E-state index in [4.69, 9.17) is 9.47 Å². The smallest absolute Gasteiger partial charge is 0.322 e. The average Bonchev–Trinajstić information content (AvgIpc) is 3.18. The van der Waals surface area contributed by atoms with E-state index in [1.54, 1.807) is 17.0 Å². The van der Waals surface area contributed by atoms with E-state index in [1.165, 1.54) is 36.4 Å².